The summed E-state index contributed by atoms with van der Waals surface area (Å²) in [5.74, 6) is -1.79. The van der Waals surface area contributed by atoms with Crippen LogP contribution in [-0.4, -0.2) is 16.1 Å². The fourth-order valence-corrected chi connectivity index (χ4v) is 2.02. The summed E-state index contributed by atoms with van der Waals surface area (Å²) in [6.45, 7) is 1.86. The molecular formula is C11H9FN2O2S. The van der Waals surface area contributed by atoms with Gasteiger partial charge in [0.1, 0.15) is 5.82 Å². The van der Waals surface area contributed by atoms with E-state index in [1.807, 2.05) is 6.92 Å². The average Bonchev–Trinajstić information content (AvgIpc) is 2.67. The molecule has 0 bridgehead atoms. The monoisotopic (exact) mass is 252 g/mol. The molecule has 0 atom stereocenters. The van der Waals surface area contributed by atoms with E-state index < -0.39 is 11.8 Å². The topological polar surface area (TPSA) is 62.2 Å². The van der Waals surface area contributed by atoms with E-state index in [1.165, 1.54) is 29.5 Å². The van der Waals surface area contributed by atoms with Crippen LogP contribution in [0.25, 0.3) is 0 Å². The predicted octanol–water partition coefficient (Wildman–Crippen LogP) is 3.03. The van der Waals surface area contributed by atoms with Gasteiger partial charge in [-0.3, -0.25) is 0 Å². The third-order valence-electron chi connectivity index (χ3n) is 2.10. The number of aryl methyl sites for hydroxylation is 1. The fourth-order valence-electron chi connectivity index (χ4n) is 1.35. The van der Waals surface area contributed by atoms with Gasteiger partial charge in [0.05, 0.1) is 11.3 Å². The van der Waals surface area contributed by atoms with Crippen LogP contribution in [0.2, 0.25) is 0 Å². The first-order valence-corrected chi connectivity index (χ1v) is 5.61. The summed E-state index contributed by atoms with van der Waals surface area (Å²) in [4.78, 5) is 15.9. The molecule has 0 aliphatic rings. The summed E-state index contributed by atoms with van der Waals surface area (Å²) < 4.78 is 13.6. The van der Waals surface area contributed by atoms with Gasteiger partial charge < -0.3 is 10.4 Å². The highest BCUT2D eigenvalue weighted by Crippen LogP contribution is 2.26. The predicted molar refractivity (Wildman–Crippen MR) is 63.5 cm³/mol. The molecule has 1 aromatic heterocycles. The maximum absolute atomic E-state index is 13.6. The minimum atomic E-state index is -1.18. The van der Waals surface area contributed by atoms with Crippen molar-refractivity contribution in [1.29, 1.82) is 0 Å². The number of carbonyl (C=O) groups is 1. The first-order valence-electron chi connectivity index (χ1n) is 4.79. The zero-order valence-electron chi connectivity index (χ0n) is 8.90. The Morgan fingerprint density at radius 3 is 2.88 bits per heavy atom. The first-order chi connectivity index (χ1) is 8.08. The Hall–Kier alpha value is -1.95. The minimum Gasteiger partial charge on any atom is -0.478 e. The number of hydrogen-bond acceptors (Lipinski definition) is 4. The Morgan fingerprint density at radius 1 is 1.53 bits per heavy atom. The van der Waals surface area contributed by atoms with Crippen molar-refractivity contribution < 1.29 is 14.3 Å². The third kappa shape index (κ3) is 2.42. The Morgan fingerprint density at radius 2 is 2.29 bits per heavy atom. The van der Waals surface area contributed by atoms with Crippen LogP contribution in [0.4, 0.5) is 15.2 Å². The number of thiazole rings is 1. The van der Waals surface area contributed by atoms with Gasteiger partial charge in [0.25, 0.3) is 0 Å². The van der Waals surface area contributed by atoms with Crippen LogP contribution in [0.1, 0.15) is 15.2 Å². The van der Waals surface area contributed by atoms with Gasteiger partial charge in [0.2, 0.25) is 0 Å². The molecule has 0 fully saturated rings. The molecular weight excluding hydrogens is 243 g/mol. The van der Waals surface area contributed by atoms with Gasteiger partial charge in [-0.05, 0) is 19.1 Å². The van der Waals surface area contributed by atoms with Gasteiger partial charge in [0, 0.05) is 11.1 Å². The maximum atomic E-state index is 13.6. The Kier molecular flexibility index (Phi) is 3.06. The lowest BCUT2D eigenvalue weighted by molar-refractivity contribution is 0.0697. The number of carboxylic acids is 1. The fraction of sp³-hybridized carbons (Fsp3) is 0.0909. The summed E-state index contributed by atoms with van der Waals surface area (Å²) in [6.07, 6.45) is 1.63. The molecule has 0 saturated heterocycles. The molecule has 1 heterocycles. The van der Waals surface area contributed by atoms with Crippen LogP contribution in [0.15, 0.2) is 24.4 Å². The number of aromatic carboxylic acids is 1. The van der Waals surface area contributed by atoms with E-state index >= 15 is 0 Å². The van der Waals surface area contributed by atoms with Gasteiger partial charge in [-0.2, -0.15) is 0 Å². The highest BCUT2D eigenvalue weighted by molar-refractivity contribution is 7.15. The van der Waals surface area contributed by atoms with Crippen molar-refractivity contribution in [3.63, 3.8) is 0 Å². The number of anilines is 2. The lowest BCUT2D eigenvalue weighted by Crippen LogP contribution is -2.04. The standard InChI is InChI=1S/C11H9FN2O2S/c1-6-5-13-11(17-6)14-9-7(10(15)16)3-2-4-8(9)12/h2-5H,1H3,(H,13,14)(H,15,16). The molecule has 0 aliphatic carbocycles. The van der Waals surface area contributed by atoms with Crippen molar-refractivity contribution in [1.82, 2.24) is 4.98 Å². The van der Waals surface area contributed by atoms with Crippen LogP contribution in [-0.2, 0) is 0 Å². The molecule has 0 radical (unpaired) electrons. The van der Waals surface area contributed by atoms with Gasteiger partial charge in [-0.15, -0.1) is 11.3 Å². The Bertz CT molecular complexity index is 568. The molecule has 2 N–H and O–H groups in total. The van der Waals surface area contributed by atoms with E-state index in [1.54, 1.807) is 6.20 Å². The van der Waals surface area contributed by atoms with E-state index in [4.69, 9.17) is 5.11 Å². The molecule has 0 unspecified atom stereocenters. The average molecular weight is 252 g/mol. The van der Waals surface area contributed by atoms with Crippen LogP contribution in [0.3, 0.4) is 0 Å². The summed E-state index contributed by atoms with van der Waals surface area (Å²) in [7, 11) is 0. The smallest absolute Gasteiger partial charge is 0.337 e. The van der Waals surface area contributed by atoms with Crippen LogP contribution < -0.4 is 5.32 Å². The lowest BCUT2D eigenvalue weighted by atomic mass is 10.1. The number of hydrogen-bond donors (Lipinski definition) is 2. The van der Waals surface area contributed by atoms with Gasteiger partial charge in [-0.25, -0.2) is 14.2 Å². The molecule has 88 valence electrons. The summed E-state index contributed by atoms with van der Waals surface area (Å²) in [5.41, 5.74) is -0.174. The van der Waals surface area contributed by atoms with Crippen LogP contribution in [0.5, 0.6) is 0 Å². The van der Waals surface area contributed by atoms with E-state index in [2.05, 4.69) is 10.3 Å². The number of benzene rings is 1. The zero-order chi connectivity index (χ0) is 12.4. The molecule has 4 nitrogen and oxygen atoms in total. The number of rotatable bonds is 3. The maximum Gasteiger partial charge on any atom is 0.337 e. The van der Waals surface area contributed by atoms with E-state index in [0.717, 1.165) is 4.88 Å². The highest BCUT2D eigenvalue weighted by Gasteiger charge is 2.15. The van der Waals surface area contributed by atoms with Gasteiger partial charge in [-0.1, -0.05) is 6.07 Å². The Balaban J connectivity index is 2.40. The second-order valence-corrected chi connectivity index (χ2v) is 4.60. The third-order valence-corrected chi connectivity index (χ3v) is 2.93. The number of para-hydroxylation sites is 1. The van der Waals surface area contributed by atoms with Crippen molar-refractivity contribution in [3.05, 3.63) is 40.7 Å². The number of nitrogens with one attached hydrogen (secondary N) is 1. The number of carboxylic acid groups (broad SMARTS) is 1. The first kappa shape index (κ1) is 11.5. The van der Waals surface area contributed by atoms with E-state index in [-0.39, 0.29) is 11.3 Å². The second-order valence-electron chi connectivity index (χ2n) is 3.37. The van der Waals surface area contributed by atoms with Crippen molar-refractivity contribution >= 4 is 28.1 Å². The molecule has 0 amide bonds. The molecule has 0 spiro atoms. The summed E-state index contributed by atoms with van der Waals surface area (Å²) >= 11 is 1.33. The van der Waals surface area contributed by atoms with Crippen molar-refractivity contribution in [2.24, 2.45) is 0 Å². The number of halogens is 1. The van der Waals surface area contributed by atoms with Crippen molar-refractivity contribution in [2.75, 3.05) is 5.32 Å². The largest absolute Gasteiger partial charge is 0.478 e. The Labute approximate surface area is 101 Å². The molecule has 17 heavy (non-hydrogen) atoms. The molecule has 0 saturated carbocycles. The van der Waals surface area contributed by atoms with Crippen LogP contribution in [0, 0.1) is 12.7 Å². The van der Waals surface area contributed by atoms with Crippen molar-refractivity contribution in [3.8, 4) is 0 Å². The molecule has 0 aliphatic heterocycles. The SMILES string of the molecule is Cc1cnc(Nc2c(F)cccc2C(=O)O)s1. The molecule has 1 aromatic carbocycles. The van der Waals surface area contributed by atoms with Crippen LogP contribution >= 0.6 is 11.3 Å². The number of aromatic nitrogens is 1. The highest BCUT2D eigenvalue weighted by atomic mass is 32.1. The van der Waals surface area contributed by atoms with E-state index in [0.29, 0.717) is 5.13 Å². The number of nitrogens with zero attached hydrogens (tertiary/aromatic N) is 1. The van der Waals surface area contributed by atoms with Crippen molar-refractivity contribution in [2.45, 2.75) is 6.92 Å². The van der Waals surface area contributed by atoms with Gasteiger partial charge in [0.15, 0.2) is 5.13 Å². The van der Waals surface area contributed by atoms with E-state index in [9.17, 15) is 9.18 Å². The molecule has 2 rings (SSSR count). The molecule has 2 aromatic rings. The molecule has 6 heteroatoms. The summed E-state index contributed by atoms with van der Waals surface area (Å²) in [6, 6.07) is 3.90. The normalized spacial score (nSPS) is 10.2. The van der Waals surface area contributed by atoms with Gasteiger partial charge >= 0.3 is 5.97 Å². The lowest BCUT2D eigenvalue weighted by Gasteiger charge is -2.07. The second kappa shape index (κ2) is 4.50. The zero-order valence-corrected chi connectivity index (χ0v) is 9.71. The quantitative estimate of drug-likeness (QED) is 0.881. The minimum absolute atomic E-state index is 0.0608. The summed E-state index contributed by atoms with van der Waals surface area (Å²) in [5, 5.41) is 12.1.